The van der Waals surface area contributed by atoms with Gasteiger partial charge in [-0.25, -0.2) is 0 Å². The molecule has 0 aliphatic heterocycles. The van der Waals surface area contributed by atoms with E-state index in [9.17, 15) is 9.90 Å². The van der Waals surface area contributed by atoms with Gasteiger partial charge in [0.05, 0.1) is 22.5 Å². The van der Waals surface area contributed by atoms with Crippen molar-refractivity contribution in [3.8, 4) is 0 Å². The van der Waals surface area contributed by atoms with Gasteiger partial charge in [-0.3, -0.25) is 9.78 Å². The van der Waals surface area contributed by atoms with Gasteiger partial charge in [-0.15, -0.1) is 0 Å². The summed E-state index contributed by atoms with van der Waals surface area (Å²) in [5.41, 5.74) is 3.56. The number of aliphatic hydroxyl groups is 1. The van der Waals surface area contributed by atoms with E-state index in [2.05, 4.69) is 30.2 Å². The number of nitrogens with one attached hydrogen (secondary N) is 1. The van der Waals surface area contributed by atoms with Crippen LogP contribution in [0.2, 0.25) is 0 Å². The zero-order chi connectivity index (χ0) is 19.9. The normalized spacial score (nSPS) is 31.5. The van der Waals surface area contributed by atoms with Crippen molar-refractivity contribution in [2.45, 2.75) is 70.8 Å². The minimum Gasteiger partial charge on any atom is -0.390 e. The minimum atomic E-state index is -0.200. The number of fused-ring (bicyclic) bond motifs is 1. The lowest BCUT2D eigenvalue weighted by molar-refractivity contribution is -0.124. The Morgan fingerprint density at radius 2 is 1.82 bits per heavy atom. The van der Waals surface area contributed by atoms with Gasteiger partial charge in [0.2, 0.25) is 0 Å². The van der Waals surface area contributed by atoms with Gasteiger partial charge in [0, 0.05) is 31.6 Å². The van der Waals surface area contributed by atoms with Crippen LogP contribution in [0.1, 0.15) is 80.4 Å². The van der Waals surface area contributed by atoms with Crippen LogP contribution in [0.4, 0.5) is 5.69 Å². The number of nitrogens with zero attached hydrogens (tertiary/aromatic N) is 1. The number of anilines is 1. The average Bonchev–Trinajstić information content (AvgIpc) is 3.07. The van der Waals surface area contributed by atoms with Crippen molar-refractivity contribution in [3.63, 3.8) is 0 Å². The van der Waals surface area contributed by atoms with Crippen LogP contribution in [0, 0.1) is 23.7 Å². The zero-order valence-corrected chi connectivity index (χ0v) is 17.5. The van der Waals surface area contributed by atoms with E-state index in [4.69, 9.17) is 0 Å². The van der Waals surface area contributed by atoms with Crippen molar-refractivity contribution in [1.82, 2.24) is 4.98 Å². The number of aromatic nitrogens is 1. The second-order valence-corrected chi connectivity index (χ2v) is 9.93. The maximum absolute atomic E-state index is 12.1. The van der Waals surface area contributed by atoms with E-state index in [0.29, 0.717) is 17.9 Å². The topological polar surface area (TPSA) is 62.2 Å². The van der Waals surface area contributed by atoms with E-state index in [1.807, 2.05) is 13.1 Å². The molecule has 4 nitrogen and oxygen atoms in total. The van der Waals surface area contributed by atoms with Gasteiger partial charge in [0.1, 0.15) is 0 Å². The summed E-state index contributed by atoms with van der Waals surface area (Å²) in [7, 11) is 1.86. The van der Waals surface area contributed by atoms with Crippen LogP contribution in [-0.4, -0.2) is 28.5 Å². The van der Waals surface area contributed by atoms with Crippen LogP contribution < -0.4 is 5.32 Å². The summed E-state index contributed by atoms with van der Waals surface area (Å²) in [5.74, 6) is 3.22. The van der Waals surface area contributed by atoms with Crippen molar-refractivity contribution in [3.05, 3.63) is 29.1 Å². The number of carbonyl (C=O) groups is 1. The lowest BCUT2D eigenvalue weighted by atomic mass is 9.54. The molecule has 5 aliphatic carbocycles. The van der Waals surface area contributed by atoms with Crippen molar-refractivity contribution in [2.75, 3.05) is 12.4 Å². The van der Waals surface area contributed by atoms with Gasteiger partial charge in [-0.05, 0) is 62.2 Å². The third-order valence-electron chi connectivity index (χ3n) is 6.94. The number of hydrogen-bond donors (Lipinski definition) is 2. The Morgan fingerprint density at radius 1 is 1.21 bits per heavy atom. The van der Waals surface area contributed by atoms with Crippen molar-refractivity contribution >= 4 is 17.5 Å². The van der Waals surface area contributed by atoms with Gasteiger partial charge in [0.15, 0.2) is 5.78 Å². The molecule has 2 N–H and O–H groups in total. The maximum atomic E-state index is 12.1. The number of ketones is 1. The standard InChI is InChI=1S/C14H18N2O.C10H16O/c1-9(2)7-13(17)11-8-16-12-6-4-5-10(12)14(11)15-3;11-10-4-7-1-8(5-10)3-9(2-7)6-10/h4-5,8-9H,6-7H2,1-3H3,(H,15,16);7-9,11H,1-6H2. The van der Waals surface area contributed by atoms with Gasteiger partial charge in [0.25, 0.3) is 0 Å². The van der Waals surface area contributed by atoms with Gasteiger partial charge in [-0.1, -0.05) is 26.0 Å². The van der Waals surface area contributed by atoms with Crippen LogP contribution in [0.3, 0.4) is 0 Å². The predicted molar refractivity (Wildman–Crippen MR) is 113 cm³/mol. The first kappa shape index (κ1) is 19.6. The number of Topliss-reactive ketones (excluding diaryl/α,β-unsaturated/α-hetero) is 1. The Kier molecular flexibility index (Phi) is 5.34. The first-order valence-electron chi connectivity index (χ1n) is 11.0. The molecular weight excluding hydrogens is 348 g/mol. The fraction of sp³-hybridized carbons (Fsp3) is 0.667. The van der Waals surface area contributed by atoms with Crippen LogP contribution in [-0.2, 0) is 6.42 Å². The molecule has 28 heavy (non-hydrogen) atoms. The van der Waals surface area contributed by atoms with E-state index in [1.54, 1.807) is 6.20 Å². The molecule has 0 unspecified atom stereocenters. The Bertz CT molecular complexity index is 746. The Hall–Kier alpha value is -1.68. The summed E-state index contributed by atoms with van der Waals surface area (Å²) in [6, 6.07) is 0. The molecule has 0 atom stereocenters. The summed E-state index contributed by atoms with van der Waals surface area (Å²) in [4.78, 5) is 16.5. The van der Waals surface area contributed by atoms with E-state index >= 15 is 0 Å². The van der Waals surface area contributed by atoms with E-state index in [0.717, 1.165) is 60.4 Å². The van der Waals surface area contributed by atoms with Crippen LogP contribution in [0.25, 0.3) is 6.08 Å². The van der Waals surface area contributed by atoms with E-state index < -0.39 is 0 Å². The molecule has 6 rings (SSSR count). The summed E-state index contributed by atoms with van der Waals surface area (Å²) in [6.07, 6.45) is 14.9. The molecule has 1 heterocycles. The lowest BCUT2D eigenvalue weighted by Gasteiger charge is -2.54. The van der Waals surface area contributed by atoms with E-state index in [1.165, 1.54) is 19.3 Å². The van der Waals surface area contributed by atoms with Crippen LogP contribution in [0.15, 0.2) is 12.3 Å². The molecule has 5 aliphatic rings. The molecule has 0 saturated heterocycles. The molecule has 0 spiro atoms. The molecule has 1 aromatic heterocycles. The maximum Gasteiger partial charge on any atom is 0.166 e. The van der Waals surface area contributed by atoms with Gasteiger partial charge < -0.3 is 10.4 Å². The molecule has 152 valence electrons. The Labute approximate surface area is 168 Å². The molecule has 0 amide bonds. The summed E-state index contributed by atoms with van der Waals surface area (Å²) in [6.45, 7) is 4.11. The fourth-order valence-electron chi connectivity index (χ4n) is 6.22. The van der Waals surface area contributed by atoms with Crippen LogP contribution in [0.5, 0.6) is 0 Å². The monoisotopic (exact) mass is 382 g/mol. The molecule has 0 aromatic carbocycles. The molecule has 0 radical (unpaired) electrons. The van der Waals surface area contributed by atoms with Gasteiger partial charge >= 0.3 is 0 Å². The molecule has 1 aromatic rings. The Balaban J connectivity index is 0.000000149. The largest absolute Gasteiger partial charge is 0.390 e. The van der Waals surface area contributed by atoms with E-state index in [-0.39, 0.29) is 11.4 Å². The molecule has 4 heteroatoms. The average molecular weight is 383 g/mol. The first-order chi connectivity index (χ1) is 13.4. The summed E-state index contributed by atoms with van der Waals surface area (Å²) >= 11 is 0. The molecule has 4 fully saturated rings. The lowest BCUT2D eigenvalue weighted by Crippen LogP contribution is -2.50. The molecule has 4 saturated carbocycles. The minimum absolute atomic E-state index is 0.167. The number of allylic oxidation sites excluding steroid dienone is 1. The highest BCUT2D eigenvalue weighted by atomic mass is 16.3. The smallest absolute Gasteiger partial charge is 0.166 e. The highest BCUT2D eigenvalue weighted by molar-refractivity contribution is 6.03. The summed E-state index contributed by atoms with van der Waals surface area (Å²) < 4.78 is 0. The second-order valence-electron chi connectivity index (χ2n) is 9.93. The quantitative estimate of drug-likeness (QED) is 0.730. The fourth-order valence-corrected chi connectivity index (χ4v) is 6.22. The number of carbonyl (C=O) groups excluding carboxylic acids is 1. The summed E-state index contributed by atoms with van der Waals surface area (Å²) in [5, 5.41) is 13.2. The third-order valence-corrected chi connectivity index (χ3v) is 6.94. The molecular formula is C24H34N2O2. The van der Waals surface area contributed by atoms with Crippen molar-refractivity contribution in [2.24, 2.45) is 23.7 Å². The number of hydrogen-bond acceptors (Lipinski definition) is 4. The number of pyridine rings is 1. The van der Waals surface area contributed by atoms with Crippen molar-refractivity contribution < 1.29 is 9.90 Å². The van der Waals surface area contributed by atoms with Crippen LogP contribution >= 0.6 is 0 Å². The second kappa shape index (κ2) is 7.62. The third kappa shape index (κ3) is 3.89. The highest BCUT2D eigenvalue weighted by Gasteiger charge is 2.49. The van der Waals surface area contributed by atoms with Gasteiger partial charge in [-0.2, -0.15) is 0 Å². The number of rotatable bonds is 4. The highest BCUT2D eigenvalue weighted by Crippen LogP contribution is 2.55. The Morgan fingerprint density at radius 3 is 2.32 bits per heavy atom. The first-order valence-corrected chi connectivity index (χ1v) is 11.0. The van der Waals surface area contributed by atoms with Crippen molar-refractivity contribution in [1.29, 1.82) is 0 Å². The zero-order valence-electron chi connectivity index (χ0n) is 17.5. The molecule has 4 bridgehead atoms. The SMILES string of the molecule is CNc1c(C(=O)CC(C)C)cnc2c1C=CC2.OC12CC3CC(CC(C3)C1)C2. The predicted octanol–water partition coefficient (Wildman–Crippen LogP) is 4.87.